The van der Waals surface area contributed by atoms with Gasteiger partial charge in [0.25, 0.3) is 0 Å². The molecule has 2 N–H and O–H groups in total. The quantitative estimate of drug-likeness (QED) is 0.296. The predicted molar refractivity (Wildman–Crippen MR) is 144 cm³/mol. The van der Waals surface area contributed by atoms with Crippen LogP contribution in [0.1, 0.15) is 47.9 Å². The van der Waals surface area contributed by atoms with E-state index in [2.05, 4.69) is 15.2 Å². The zero-order valence-corrected chi connectivity index (χ0v) is 22.8. The van der Waals surface area contributed by atoms with Gasteiger partial charge in [0.15, 0.2) is 5.78 Å². The minimum Gasteiger partial charge on any atom is -0.361 e. The number of para-hydroxylation sites is 1. The molecule has 2 aromatic carbocycles. The van der Waals surface area contributed by atoms with Crippen molar-refractivity contribution in [1.29, 1.82) is 0 Å². The van der Waals surface area contributed by atoms with Crippen molar-refractivity contribution in [3.05, 3.63) is 70.9 Å². The Bertz CT molecular complexity index is 1360. The van der Waals surface area contributed by atoms with Gasteiger partial charge in [-0.2, -0.15) is 26.3 Å². The first-order valence-electron chi connectivity index (χ1n) is 13.2. The van der Waals surface area contributed by atoms with Gasteiger partial charge in [-0.3, -0.25) is 9.59 Å². The van der Waals surface area contributed by atoms with Crippen LogP contribution in [0, 0.1) is 5.41 Å². The number of hydrogen-bond acceptors (Lipinski definition) is 3. The molecule has 3 saturated heterocycles. The number of aromatic amines is 1. The zero-order valence-electron chi connectivity index (χ0n) is 22.0. The third-order valence-corrected chi connectivity index (χ3v) is 8.30. The molecule has 1 atom stereocenters. The summed E-state index contributed by atoms with van der Waals surface area (Å²) in [5.74, 6) is -0.669. The number of halogens is 7. The van der Waals surface area contributed by atoms with Crippen LogP contribution >= 0.6 is 12.4 Å². The Balaban J connectivity index is 0.00000387. The highest BCUT2D eigenvalue weighted by Crippen LogP contribution is 2.40. The minimum atomic E-state index is -4.97. The highest BCUT2D eigenvalue weighted by atomic mass is 35.5. The number of hydrogen-bond donors (Lipinski definition) is 2. The Morgan fingerprint density at radius 2 is 1.51 bits per heavy atom. The number of carbonyl (C=O) groups excluding carboxylic acids is 2. The predicted octanol–water partition coefficient (Wildman–Crippen LogP) is 6.34. The summed E-state index contributed by atoms with van der Waals surface area (Å²) in [5, 5.41) is 3.80. The number of amides is 1. The minimum absolute atomic E-state index is 0. The maximum Gasteiger partial charge on any atom is 0.416 e. The molecule has 0 spiro atoms. The van der Waals surface area contributed by atoms with Gasteiger partial charge in [0.05, 0.1) is 22.6 Å². The first-order valence-corrected chi connectivity index (χ1v) is 13.2. The van der Waals surface area contributed by atoms with Crippen molar-refractivity contribution in [2.24, 2.45) is 5.41 Å². The summed E-state index contributed by atoms with van der Waals surface area (Å²) in [6.45, 7) is 2.39. The molecular formula is C29H30ClF6N3O2. The van der Waals surface area contributed by atoms with Crippen molar-refractivity contribution in [2.75, 3.05) is 19.6 Å². The second-order valence-electron chi connectivity index (χ2n) is 10.8. The Morgan fingerprint density at radius 1 is 0.927 bits per heavy atom. The van der Waals surface area contributed by atoms with Crippen molar-refractivity contribution in [3.63, 3.8) is 0 Å². The number of benzene rings is 2. The molecule has 0 radical (unpaired) electrons. The standard InChI is InChI=1S/C29H29F6N3O2.ClH/c30-28(31,32)20-13-18(14-21(16-20)29(33,34)35)5-6-25(39)24(15-19-17-36-23-4-2-1-3-22(19)23)37-26(40)27-7-10-38(11-8-27)12-9-27;/h1-4,13-14,16-17,24,36H,5-12,15H2,(H,37,40);1H. The van der Waals surface area contributed by atoms with E-state index in [0.717, 1.165) is 36.1 Å². The molecule has 1 aromatic heterocycles. The van der Waals surface area contributed by atoms with Crippen molar-refractivity contribution in [1.82, 2.24) is 15.2 Å². The van der Waals surface area contributed by atoms with Crippen molar-refractivity contribution in [3.8, 4) is 0 Å². The Labute approximate surface area is 239 Å². The third-order valence-electron chi connectivity index (χ3n) is 8.30. The molecule has 41 heavy (non-hydrogen) atoms. The van der Waals surface area contributed by atoms with Crippen LogP contribution in [0.25, 0.3) is 10.9 Å². The number of nitrogens with one attached hydrogen (secondary N) is 2. The zero-order chi connectivity index (χ0) is 28.7. The molecule has 0 aliphatic carbocycles. The number of fused-ring (bicyclic) bond motifs is 4. The van der Waals surface area contributed by atoms with E-state index < -0.39 is 40.7 Å². The second kappa shape index (κ2) is 11.7. The Kier molecular flexibility index (Phi) is 8.80. The number of alkyl halides is 6. The number of carbonyl (C=O) groups is 2. The lowest BCUT2D eigenvalue weighted by molar-refractivity contribution is -0.143. The lowest BCUT2D eigenvalue weighted by Gasteiger charge is -2.47. The fourth-order valence-corrected chi connectivity index (χ4v) is 5.85. The van der Waals surface area contributed by atoms with E-state index in [-0.39, 0.29) is 49.2 Å². The normalized spacial score (nSPS) is 21.4. The topological polar surface area (TPSA) is 65.2 Å². The van der Waals surface area contributed by atoms with Gasteiger partial charge in [-0.15, -0.1) is 12.4 Å². The van der Waals surface area contributed by atoms with Crippen LogP contribution in [-0.2, 0) is 34.8 Å². The van der Waals surface area contributed by atoms with E-state index in [1.807, 2.05) is 24.3 Å². The summed E-state index contributed by atoms with van der Waals surface area (Å²) in [4.78, 5) is 32.4. The average Bonchev–Trinajstić information content (AvgIpc) is 3.34. The molecule has 5 nitrogen and oxygen atoms in total. The monoisotopic (exact) mass is 601 g/mol. The number of aryl methyl sites for hydroxylation is 1. The average molecular weight is 602 g/mol. The fraction of sp³-hybridized carbons (Fsp3) is 0.448. The van der Waals surface area contributed by atoms with Crippen molar-refractivity contribution in [2.45, 2.75) is 56.9 Å². The highest BCUT2D eigenvalue weighted by molar-refractivity contribution is 5.92. The number of piperidine rings is 3. The molecule has 3 aliphatic heterocycles. The van der Waals surface area contributed by atoms with Crippen LogP contribution in [0.3, 0.4) is 0 Å². The molecule has 6 rings (SSSR count). The SMILES string of the molecule is Cl.O=C(CCc1cc(C(F)(F)F)cc(C(F)(F)F)c1)C(Cc1c[nH]c2ccccc12)NC(=O)C12CCN(CC1)CC2. The van der Waals surface area contributed by atoms with Gasteiger partial charge in [0.2, 0.25) is 5.91 Å². The van der Waals surface area contributed by atoms with E-state index in [1.165, 1.54) is 0 Å². The van der Waals surface area contributed by atoms with E-state index >= 15 is 0 Å². The highest BCUT2D eigenvalue weighted by Gasteiger charge is 2.46. The van der Waals surface area contributed by atoms with Gasteiger partial charge in [0, 0.05) is 29.9 Å². The summed E-state index contributed by atoms with van der Waals surface area (Å²) in [6, 6.07) is 7.82. The first-order chi connectivity index (χ1) is 18.8. The molecule has 1 unspecified atom stereocenters. The first kappa shape index (κ1) is 30.9. The molecule has 0 saturated carbocycles. The summed E-state index contributed by atoms with van der Waals surface area (Å²) in [6.07, 6.45) is -6.67. The number of ketones is 1. The Morgan fingerprint density at radius 3 is 2.10 bits per heavy atom. The smallest absolute Gasteiger partial charge is 0.361 e. The van der Waals surface area contributed by atoms with Gasteiger partial charge >= 0.3 is 12.4 Å². The van der Waals surface area contributed by atoms with Crippen LogP contribution in [0.2, 0.25) is 0 Å². The summed E-state index contributed by atoms with van der Waals surface area (Å²) >= 11 is 0. The van der Waals surface area contributed by atoms with Crippen molar-refractivity contribution < 1.29 is 35.9 Å². The maximum absolute atomic E-state index is 13.5. The third kappa shape index (κ3) is 6.72. The number of aromatic nitrogens is 1. The number of rotatable bonds is 8. The molecule has 222 valence electrons. The van der Waals surface area contributed by atoms with E-state index in [9.17, 15) is 35.9 Å². The lowest BCUT2D eigenvalue weighted by atomic mass is 9.71. The molecular weight excluding hydrogens is 572 g/mol. The molecule has 4 heterocycles. The summed E-state index contributed by atoms with van der Waals surface area (Å²) in [7, 11) is 0. The fourth-order valence-electron chi connectivity index (χ4n) is 5.85. The van der Waals surface area contributed by atoms with E-state index in [0.29, 0.717) is 31.4 Å². The lowest BCUT2D eigenvalue weighted by Crippen LogP contribution is -2.57. The van der Waals surface area contributed by atoms with Gasteiger partial charge in [-0.1, -0.05) is 18.2 Å². The van der Waals surface area contributed by atoms with Crippen LogP contribution in [-0.4, -0.2) is 47.3 Å². The van der Waals surface area contributed by atoms with Gasteiger partial charge < -0.3 is 15.2 Å². The maximum atomic E-state index is 13.5. The molecule has 12 heteroatoms. The van der Waals surface area contributed by atoms with E-state index in [4.69, 9.17) is 0 Å². The second-order valence-corrected chi connectivity index (χ2v) is 10.8. The number of Topliss-reactive ketones (excluding diaryl/α,β-unsaturated/α-hetero) is 1. The molecule has 3 aromatic rings. The van der Waals surface area contributed by atoms with Gasteiger partial charge in [0.1, 0.15) is 0 Å². The molecule has 1 amide bonds. The number of H-pyrrole nitrogens is 1. The van der Waals surface area contributed by atoms with Gasteiger partial charge in [-0.05, 0) is 80.7 Å². The largest absolute Gasteiger partial charge is 0.416 e. The van der Waals surface area contributed by atoms with Crippen LogP contribution in [0.5, 0.6) is 0 Å². The van der Waals surface area contributed by atoms with E-state index in [1.54, 1.807) is 6.20 Å². The van der Waals surface area contributed by atoms with Gasteiger partial charge in [-0.25, -0.2) is 0 Å². The summed E-state index contributed by atoms with van der Waals surface area (Å²) < 4.78 is 79.8. The summed E-state index contributed by atoms with van der Waals surface area (Å²) in [5.41, 5.74) is -2.03. The van der Waals surface area contributed by atoms with Crippen molar-refractivity contribution >= 4 is 35.0 Å². The molecule has 2 bridgehead atoms. The van der Waals surface area contributed by atoms with Crippen LogP contribution < -0.4 is 5.32 Å². The molecule has 3 aliphatic rings. The van der Waals surface area contributed by atoms with Crippen LogP contribution in [0.4, 0.5) is 26.3 Å². The van der Waals surface area contributed by atoms with Crippen LogP contribution in [0.15, 0.2) is 48.7 Å². The molecule has 3 fully saturated rings. The Hall–Kier alpha value is -3.05. The number of nitrogens with zero attached hydrogens (tertiary/aromatic N) is 1.